The smallest absolute Gasteiger partial charge is 0.0477 e. The maximum atomic E-state index is 5.05. The largest absolute Gasteiger partial charge is 0.385 e. The monoisotopic (exact) mass is 189 g/mol. The summed E-state index contributed by atoms with van der Waals surface area (Å²) in [6, 6.07) is 0.542. The Labute approximate surface area is 81.8 Å². The topological polar surface area (TPSA) is 30.5 Å². The number of rotatable bonds is 9. The van der Waals surface area contributed by atoms with Crippen LogP contribution in [0.25, 0.3) is 0 Å². The van der Waals surface area contributed by atoms with Crippen LogP contribution in [0.1, 0.15) is 26.2 Å². The first-order valence-corrected chi connectivity index (χ1v) is 5.06. The zero-order valence-corrected chi connectivity index (χ0v) is 9.14. The molecule has 0 radical (unpaired) electrons. The Morgan fingerprint density at radius 3 is 2.00 bits per heavy atom. The Balaban J connectivity index is 3.47. The third kappa shape index (κ3) is 8.22. The molecule has 0 aliphatic heterocycles. The maximum absolute atomic E-state index is 5.05. The van der Waals surface area contributed by atoms with Crippen LogP contribution in [0.15, 0.2) is 0 Å². The fraction of sp³-hybridized carbons (Fsp3) is 1.00. The zero-order chi connectivity index (χ0) is 9.94. The second-order valence-corrected chi connectivity index (χ2v) is 3.21. The number of hydrogen-bond donors (Lipinski definition) is 1. The molecule has 0 aromatic carbocycles. The highest BCUT2D eigenvalue weighted by Gasteiger charge is 2.06. The lowest BCUT2D eigenvalue weighted by atomic mass is 10.1. The number of methoxy groups -OCH3 is 2. The second kappa shape index (κ2) is 9.96. The summed E-state index contributed by atoms with van der Waals surface area (Å²) in [6.07, 6.45) is 3.32. The Morgan fingerprint density at radius 2 is 1.62 bits per heavy atom. The van der Waals surface area contributed by atoms with Gasteiger partial charge in [0.05, 0.1) is 0 Å². The van der Waals surface area contributed by atoms with E-state index in [9.17, 15) is 0 Å². The first kappa shape index (κ1) is 12.9. The van der Waals surface area contributed by atoms with Crippen LogP contribution in [0.4, 0.5) is 0 Å². The molecule has 3 heteroatoms. The summed E-state index contributed by atoms with van der Waals surface area (Å²) >= 11 is 0. The van der Waals surface area contributed by atoms with E-state index in [4.69, 9.17) is 9.47 Å². The third-order valence-corrected chi connectivity index (χ3v) is 2.02. The van der Waals surface area contributed by atoms with Gasteiger partial charge in [-0.05, 0) is 25.8 Å². The van der Waals surface area contributed by atoms with Crippen molar-refractivity contribution in [2.45, 2.75) is 32.2 Å². The number of nitrogens with one attached hydrogen (secondary N) is 1. The molecule has 0 aromatic heterocycles. The van der Waals surface area contributed by atoms with Crippen molar-refractivity contribution < 1.29 is 9.47 Å². The molecule has 0 aliphatic carbocycles. The third-order valence-electron chi connectivity index (χ3n) is 2.02. The molecule has 0 saturated heterocycles. The summed E-state index contributed by atoms with van der Waals surface area (Å²) in [6.45, 7) is 4.91. The van der Waals surface area contributed by atoms with Gasteiger partial charge in [-0.2, -0.15) is 0 Å². The molecule has 0 aromatic rings. The molecule has 0 amide bonds. The average Bonchev–Trinajstić information content (AvgIpc) is 2.17. The van der Waals surface area contributed by atoms with Crippen LogP contribution in [0.2, 0.25) is 0 Å². The Kier molecular flexibility index (Phi) is 9.87. The molecule has 0 unspecified atom stereocenters. The van der Waals surface area contributed by atoms with E-state index in [-0.39, 0.29) is 0 Å². The van der Waals surface area contributed by atoms with Gasteiger partial charge in [0.2, 0.25) is 0 Å². The summed E-state index contributed by atoms with van der Waals surface area (Å²) < 4.78 is 10.1. The van der Waals surface area contributed by atoms with E-state index in [0.717, 1.165) is 32.6 Å². The molecule has 0 bridgehead atoms. The Morgan fingerprint density at radius 1 is 1.08 bits per heavy atom. The molecule has 0 spiro atoms. The van der Waals surface area contributed by atoms with Crippen molar-refractivity contribution in [2.75, 3.05) is 34.0 Å². The highest BCUT2D eigenvalue weighted by molar-refractivity contribution is 4.65. The van der Waals surface area contributed by atoms with Gasteiger partial charge in [-0.3, -0.25) is 0 Å². The quantitative estimate of drug-likeness (QED) is 0.595. The van der Waals surface area contributed by atoms with Crippen LogP contribution in [-0.4, -0.2) is 40.0 Å². The van der Waals surface area contributed by atoms with Crippen LogP contribution in [-0.2, 0) is 9.47 Å². The summed E-state index contributed by atoms with van der Waals surface area (Å²) in [5.74, 6) is 0. The van der Waals surface area contributed by atoms with Gasteiger partial charge in [-0.25, -0.2) is 0 Å². The van der Waals surface area contributed by atoms with E-state index in [1.54, 1.807) is 14.2 Å². The molecule has 0 saturated carbocycles. The second-order valence-electron chi connectivity index (χ2n) is 3.21. The fourth-order valence-electron chi connectivity index (χ4n) is 1.22. The molecular weight excluding hydrogens is 166 g/mol. The minimum Gasteiger partial charge on any atom is -0.385 e. The summed E-state index contributed by atoms with van der Waals surface area (Å²) in [7, 11) is 3.49. The normalized spacial score (nSPS) is 11.1. The summed E-state index contributed by atoms with van der Waals surface area (Å²) in [4.78, 5) is 0. The standard InChI is InChI=1S/C10H23NO2/c1-4-7-11-10(5-8-12-2)6-9-13-3/h10-11H,4-9H2,1-3H3. The van der Waals surface area contributed by atoms with Gasteiger partial charge in [0, 0.05) is 33.5 Å². The van der Waals surface area contributed by atoms with Crippen LogP contribution >= 0.6 is 0 Å². The molecule has 0 rings (SSSR count). The molecular formula is C10H23NO2. The molecule has 0 atom stereocenters. The van der Waals surface area contributed by atoms with Crippen LogP contribution < -0.4 is 5.32 Å². The lowest BCUT2D eigenvalue weighted by Crippen LogP contribution is -2.32. The molecule has 80 valence electrons. The highest BCUT2D eigenvalue weighted by atomic mass is 16.5. The lowest BCUT2D eigenvalue weighted by molar-refractivity contribution is 0.156. The van der Waals surface area contributed by atoms with Gasteiger partial charge in [-0.1, -0.05) is 6.92 Å². The number of hydrogen-bond acceptors (Lipinski definition) is 3. The van der Waals surface area contributed by atoms with Crippen molar-refractivity contribution in [1.29, 1.82) is 0 Å². The van der Waals surface area contributed by atoms with E-state index >= 15 is 0 Å². The first-order valence-electron chi connectivity index (χ1n) is 5.06. The number of ether oxygens (including phenoxy) is 2. The van der Waals surface area contributed by atoms with Crippen molar-refractivity contribution >= 4 is 0 Å². The summed E-state index contributed by atoms with van der Waals surface area (Å²) in [5.41, 5.74) is 0. The lowest BCUT2D eigenvalue weighted by Gasteiger charge is -2.17. The molecule has 3 nitrogen and oxygen atoms in total. The van der Waals surface area contributed by atoms with Crippen LogP contribution in [0, 0.1) is 0 Å². The van der Waals surface area contributed by atoms with Crippen molar-refractivity contribution in [1.82, 2.24) is 5.32 Å². The minimum atomic E-state index is 0.542. The van der Waals surface area contributed by atoms with Gasteiger partial charge in [0.15, 0.2) is 0 Å². The zero-order valence-electron chi connectivity index (χ0n) is 9.14. The minimum absolute atomic E-state index is 0.542. The predicted molar refractivity (Wildman–Crippen MR) is 55.1 cm³/mol. The molecule has 0 fully saturated rings. The van der Waals surface area contributed by atoms with E-state index in [1.165, 1.54) is 6.42 Å². The maximum Gasteiger partial charge on any atom is 0.0477 e. The first-order chi connectivity index (χ1) is 6.35. The van der Waals surface area contributed by atoms with E-state index in [0.29, 0.717) is 6.04 Å². The Bertz CT molecular complexity index is 79.9. The van der Waals surface area contributed by atoms with E-state index in [1.807, 2.05) is 0 Å². The van der Waals surface area contributed by atoms with E-state index < -0.39 is 0 Å². The SMILES string of the molecule is CCCNC(CCOC)CCOC. The molecule has 0 heterocycles. The van der Waals surface area contributed by atoms with Crippen molar-refractivity contribution in [3.8, 4) is 0 Å². The van der Waals surface area contributed by atoms with Gasteiger partial charge in [0.1, 0.15) is 0 Å². The summed E-state index contributed by atoms with van der Waals surface area (Å²) in [5, 5.41) is 3.48. The highest BCUT2D eigenvalue weighted by Crippen LogP contribution is 1.99. The predicted octanol–water partition coefficient (Wildman–Crippen LogP) is 1.43. The van der Waals surface area contributed by atoms with E-state index in [2.05, 4.69) is 12.2 Å². The average molecular weight is 189 g/mol. The molecule has 1 N–H and O–H groups in total. The van der Waals surface area contributed by atoms with Crippen molar-refractivity contribution in [2.24, 2.45) is 0 Å². The van der Waals surface area contributed by atoms with Gasteiger partial charge >= 0.3 is 0 Å². The van der Waals surface area contributed by atoms with Crippen LogP contribution in [0.5, 0.6) is 0 Å². The Hall–Kier alpha value is -0.120. The molecule has 0 aliphatic rings. The van der Waals surface area contributed by atoms with Crippen molar-refractivity contribution in [3.05, 3.63) is 0 Å². The van der Waals surface area contributed by atoms with Gasteiger partial charge in [-0.15, -0.1) is 0 Å². The molecule has 13 heavy (non-hydrogen) atoms. The van der Waals surface area contributed by atoms with Crippen molar-refractivity contribution in [3.63, 3.8) is 0 Å². The fourth-order valence-corrected chi connectivity index (χ4v) is 1.22. The van der Waals surface area contributed by atoms with Gasteiger partial charge in [0.25, 0.3) is 0 Å². The van der Waals surface area contributed by atoms with Crippen LogP contribution in [0.3, 0.4) is 0 Å². The van der Waals surface area contributed by atoms with Gasteiger partial charge < -0.3 is 14.8 Å².